The molecule has 1 amide bonds. The Balaban J connectivity index is 2.11. The number of nitro benzene ring substituents is 1. The quantitative estimate of drug-likeness (QED) is 0.594. The van der Waals surface area contributed by atoms with Crippen LogP contribution in [0.25, 0.3) is 0 Å². The number of methoxy groups -OCH3 is 1. The largest absolute Gasteiger partial charge is 0.495 e. The van der Waals surface area contributed by atoms with Crippen molar-refractivity contribution in [2.45, 2.75) is 13.0 Å². The zero-order chi connectivity index (χ0) is 17.7. The summed E-state index contributed by atoms with van der Waals surface area (Å²) in [7, 11) is 1.42. The van der Waals surface area contributed by atoms with Crippen LogP contribution in [0.4, 0.5) is 11.4 Å². The van der Waals surface area contributed by atoms with E-state index in [9.17, 15) is 14.9 Å². The fourth-order valence-corrected chi connectivity index (χ4v) is 2.18. The van der Waals surface area contributed by atoms with Crippen molar-refractivity contribution in [3.05, 3.63) is 57.1 Å². The minimum atomic E-state index is -0.796. The van der Waals surface area contributed by atoms with Crippen LogP contribution in [0.3, 0.4) is 0 Å². The van der Waals surface area contributed by atoms with E-state index in [1.54, 1.807) is 31.2 Å². The number of ether oxygens (including phenoxy) is 2. The molecule has 0 fully saturated rings. The van der Waals surface area contributed by atoms with Crippen LogP contribution in [0.15, 0.2) is 46.9 Å². The molecule has 0 saturated heterocycles. The summed E-state index contributed by atoms with van der Waals surface area (Å²) >= 11 is 3.32. The number of rotatable bonds is 6. The number of hydrogen-bond acceptors (Lipinski definition) is 5. The smallest absolute Gasteiger partial charge is 0.271 e. The summed E-state index contributed by atoms with van der Waals surface area (Å²) in [5.41, 5.74) is 0.0653. The van der Waals surface area contributed by atoms with E-state index in [0.29, 0.717) is 11.5 Å². The summed E-state index contributed by atoms with van der Waals surface area (Å²) in [4.78, 5) is 22.6. The van der Waals surface area contributed by atoms with Crippen LogP contribution in [0, 0.1) is 10.1 Å². The van der Waals surface area contributed by atoms with Crippen molar-refractivity contribution in [1.29, 1.82) is 0 Å². The number of carbonyl (C=O) groups excluding carboxylic acids is 1. The van der Waals surface area contributed by atoms with Gasteiger partial charge in [-0.2, -0.15) is 0 Å². The second-order valence-electron chi connectivity index (χ2n) is 4.84. The summed E-state index contributed by atoms with van der Waals surface area (Å²) in [6.07, 6.45) is -0.796. The molecule has 2 aromatic rings. The number of non-ortho nitro benzene ring substituents is 1. The van der Waals surface area contributed by atoms with Gasteiger partial charge in [0.05, 0.1) is 17.7 Å². The molecule has 0 aliphatic heterocycles. The first-order chi connectivity index (χ1) is 11.4. The van der Waals surface area contributed by atoms with Crippen molar-refractivity contribution >= 4 is 33.2 Å². The van der Waals surface area contributed by atoms with Crippen LogP contribution >= 0.6 is 15.9 Å². The highest BCUT2D eigenvalue weighted by atomic mass is 79.9. The topological polar surface area (TPSA) is 90.7 Å². The van der Waals surface area contributed by atoms with Crippen molar-refractivity contribution < 1.29 is 19.2 Å². The first-order valence-electron chi connectivity index (χ1n) is 6.96. The SMILES string of the molecule is COc1ccc([N+](=O)[O-])cc1NC(=O)[C@@H](C)Oc1ccc(Br)cc1. The van der Waals surface area contributed by atoms with E-state index in [2.05, 4.69) is 21.2 Å². The molecule has 0 aliphatic rings. The molecular weight excluding hydrogens is 380 g/mol. The molecule has 2 rings (SSSR count). The summed E-state index contributed by atoms with van der Waals surface area (Å²) in [6.45, 7) is 1.58. The lowest BCUT2D eigenvalue weighted by Gasteiger charge is -2.16. The van der Waals surface area contributed by atoms with E-state index in [1.807, 2.05) is 0 Å². The third-order valence-electron chi connectivity index (χ3n) is 3.15. The number of hydrogen-bond donors (Lipinski definition) is 1. The van der Waals surface area contributed by atoms with E-state index in [-0.39, 0.29) is 11.4 Å². The Morgan fingerprint density at radius 2 is 1.92 bits per heavy atom. The molecule has 1 N–H and O–H groups in total. The number of anilines is 1. The van der Waals surface area contributed by atoms with Crippen LogP contribution < -0.4 is 14.8 Å². The van der Waals surface area contributed by atoms with Gasteiger partial charge in [-0.15, -0.1) is 0 Å². The van der Waals surface area contributed by atoms with Gasteiger partial charge in [0.2, 0.25) is 0 Å². The van der Waals surface area contributed by atoms with Crippen molar-refractivity contribution in [2.75, 3.05) is 12.4 Å². The Hall–Kier alpha value is -2.61. The van der Waals surface area contributed by atoms with Gasteiger partial charge in [0.1, 0.15) is 11.5 Å². The molecule has 0 unspecified atom stereocenters. The zero-order valence-electron chi connectivity index (χ0n) is 13.0. The predicted molar refractivity (Wildman–Crippen MR) is 92.5 cm³/mol. The number of nitrogens with one attached hydrogen (secondary N) is 1. The van der Waals surface area contributed by atoms with Crippen LogP contribution in [0.1, 0.15) is 6.92 Å². The minimum absolute atomic E-state index is 0.146. The number of amides is 1. The third kappa shape index (κ3) is 4.45. The Labute approximate surface area is 146 Å². The Kier molecular flexibility index (Phi) is 5.75. The van der Waals surface area contributed by atoms with Gasteiger partial charge in [0, 0.05) is 16.6 Å². The van der Waals surface area contributed by atoms with E-state index in [4.69, 9.17) is 9.47 Å². The lowest BCUT2D eigenvalue weighted by Crippen LogP contribution is -2.30. The molecule has 0 aliphatic carbocycles. The first kappa shape index (κ1) is 17.7. The lowest BCUT2D eigenvalue weighted by molar-refractivity contribution is -0.384. The molecule has 1 atom stereocenters. The molecule has 0 radical (unpaired) electrons. The van der Waals surface area contributed by atoms with Gasteiger partial charge in [-0.1, -0.05) is 15.9 Å². The molecule has 0 aromatic heterocycles. The van der Waals surface area contributed by atoms with Crippen molar-refractivity contribution in [1.82, 2.24) is 0 Å². The number of nitro groups is 1. The van der Waals surface area contributed by atoms with Crippen molar-refractivity contribution in [3.63, 3.8) is 0 Å². The maximum atomic E-state index is 12.3. The molecule has 0 heterocycles. The molecular formula is C16H15BrN2O5. The van der Waals surface area contributed by atoms with Gasteiger partial charge in [0.15, 0.2) is 6.10 Å². The Bertz CT molecular complexity index is 749. The Morgan fingerprint density at radius 3 is 2.50 bits per heavy atom. The van der Waals surface area contributed by atoms with E-state index >= 15 is 0 Å². The van der Waals surface area contributed by atoms with Gasteiger partial charge in [-0.05, 0) is 37.3 Å². The second kappa shape index (κ2) is 7.78. The molecule has 2 aromatic carbocycles. The minimum Gasteiger partial charge on any atom is -0.495 e. The predicted octanol–water partition coefficient (Wildman–Crippen LogP) is 3.77. The van der Waals surface area contributed by atoms with Crippen LogP contribution in [0.5, 0.6) is 11.5 Å². The average Bonchev–Trinajstić information content (AvgIpc) is 2.56. The standard InChI is InChI=1S/C16H15BrN2O5/c1-10(24-13-6-3-11(17)4-7-13)16(20)18-14-9-12(19(21)22)5-8-15(14)23-2/h3-10H,1-2H3,(H,18,20)/t10-/m1/s1. The molecule has 0 spiro atoms. The molecule has 7 nitrogen and oxygen atoms in total. The molecule has 24 heavy (non-hydrogen) atoms. The molecule has 0 saturated carbocycles. The number of halogens is 1. The zero-order valence-corrected chi connectivity index (χ0v) is 14.6. The van der Waals surface area contributed by atoms with E-state index in [0.717, 1.165) is 4.47 Å². The molecule has 8 heteroatoms. The lowest BCUT2D eigenvalue weighted by atomic mass is 10.2. The maximum absolute atomic E-state index is 12.3. The first-order valence-corrected chi connectivity index (χ1v) is 7.75. The number of benzene rings is 2. The van der Waals surface area contributed by atoms with Gasteiger partial charge < -0.3 is 14.8 Å². The second-order valence-corrected chi connectivity index (χ2v) is 5.76. The van der Waals surface area contributed by atoms with Crippen molar-refractivity contribution in [2.24, 2.45) is 0 Å². The molecule has 0 bridgehead atoms. The Morgan fingerprint density at radius 1 is 1.25 bits per heavy atom. The van der Waals surface area contributed by atoms with Crippen molar-refractivity contribution in [3.8, 4) is 11.5 Å². The maximum Gasteiger partial charge on any atom is 0.271 e. The summed E-state index contributed by atoms with van der Waals surface area (Å²) in [5, 5.41) is 13.5. The highest BCUT2D eigenvalue weighted by Gasteiger charge is 2.19. The van der Waals surface area contributed by atoms with E-state index in [1.165, 1.54) is 25.3 Å². The van der Waals surface area contributed by atoms with E-state index < -0.39 is 16.9 Å². The van der Waals surface area contributed by atoms with Crippen LogP contribution in [0.2, 0.25) is 0 Å². The monoisotopic (exact) mass is 394 g/mol. The summed E-state index contributed by atoms with van der Waals surface area (Å²) in [5.74, 6) is 0.411. The number of nitrogens with zero attached hydrogens (tertiary/aromatic N) is 1. The highest BCUT2D eigenvalue weighted by Crippen LogP contribution is 2.29. The van der Waals surface area contributed by atoms with Crippen LogP contribution in [-0.2, 0) is 4.79 Å². The molecule has 126 valence electrons. The third-order valence-corrected chi connectivity index (χ3v) is 3.68. The van der Waals surface area contributed by atoms with Gasteiger partial charge in [0.25, 0.3) is 11.6 Å². The van der Waals surface area contributed by atoms with Gasteiger partial charge in [-0.3, -0.25) is 14.9 Å². The normalized spacial score (nSPS) is 11.5. The fraction of sp³-hybridized carbons (Fsp3) is 0.188. The average molecular weight is 395 g/mol. The number of carbonyl (C=O) groups is 1. The fourth-order valence-electron chi connectivity index (χ4n) is 1.91. The van der Waals surface area contributed by atoms with Gasteiger partial charge in [-0.25, -0.2) is 0 Å². The highest BCUT2D eigenvalue weighted by molar-refractivity contribution is 9.10. The van der Waals surface area contributed by atoms with Gasteiger partial charge >= 0.3 is 0 Å². The summed E-state index contributed by atoms with van der Waals surface area (Å²) in [6, 6.07) is 11.0. The summed E-state index contributed by atoms with van der Waals surface area (Å²) < 4.78 is 11.6. The van der Waals surface area contributed by atoms with Crippen LogP contribution in [-0.4, -0.2) is 24.0 Å².